The fourth-order valence-corrected chi connectivity index (χ4v) is 2.96. The predicted molar refractivity (Wildman–Crippen MR) is 101 cm³/mol. The van der Waals surface area contributed by atoms with Gasteiger partial charge in [0.2, 0.25) is 0 Å². The van der Waals surface area contributed by atoms with Gasteiger partial charge in [0.05, 0.1) is 21.3 Å². The largest absolute Gasteiger partial charge is 0.497 e. The lowest BCUT2D eigenvalue weighted by atomic mass is 10.2. The van der Waals surface area contributed by atoms with Crippen molar-refractivity contribution in [1.29, 1.82) is 0 Å². The van der Waals surface area contributed by atoms with Gasteiger partial charge >= 0.3 is 0 Å². The van der Waals surface area contributed by atoms with Crippen molar-refractivity contribution in [3.63, 3.8) is 0 Å². The molecule has 0 bridgehead atoms. The number of carbonyl (C=O) groups excluding carboxylic acids is 1. The number of amides is 1. The number of carbonyl (C=O) groups is 1. The molecule has 1 atom stereocenters. The van der Waals surface area contributed by atoms with E-state index in [1.54, 1.807) is 14.2 Å². The van der Waals surface area contributed by atoms with Crippen molar-refractivity contribution in [2.24, 2.45) is 0 Å². The SMILES string of the molecule is COc1ccc(CNC(=O)C[NH+](C)Cc2cc(Br)ccc2OC)cc1. The first-order valence-electron chi connectivity index (χ1n) is 8.05. The standard InChI is InChI=1S/C19H23BrN2O3/c1-22(12-15-10-16(20)6-9-18(15)25-3)13-19(23)21-11-14-4-7-17(24-2)8-5-14/h4-10H,11-13H2,1-3H3,(H,21,23)/p+1. The van der Waals surface area contributed by atoms with Crippen LogP contribution in [0.3, 0.4) is 0 Å². The molecule has 2 N–H and O–H groups in total. The molecule has 0 aromatic heterocycles. The number of nitrogens with one attached hydrogen (secondary N) is 2. The van der Waals surface area contributed by atoms with E-state index < -0.39 is 0 Å². The van der Waals surface area contributed by atoms with E-state index in [9.17, 15) is 4.79 Å². The quantitative estimate of drug-likeness (QED) is 0.701. The van der Waals surface area contributed by atoms with Crippen molar-refractivity contribution in [3.8, 4) is 11.5 Å². The molecular weight excluding hydrogens is 384 g/mol. The summed E-state index contributed by atoms with van der Waals surface area (Å²) in [5.74, 6) is 1.66. The predicted octanol–water partition coefficient (Wildman–Crippen LogP) is 1.80. The van der Waals surface area contributed by atoms with E-state index in [1.807, 2.05) is 49.5 Å². The molecule has 0 aliphatic rings. The third kappa shape index (κ3) is 6.07. The van der Waals surface area contributed by atoms with Gasteiger partial charge in [-0.25, -0.2) is 0 Å². The Hall–Kier alpha value is -2.05. The second-order valence-corrected chi connectivity index (χ2v) is 6.81. The molecule has 0 saturated carbocycles. The molecule has 6 heteroatoms. The van der Waals surface area contributed by atoms with Gasteiger partial charge in [-0.3, -0.25) is 4.79 Å². The smallest absolute Gasteiger partial charge is 0.275 e. The number of methoxy groups -OCH3 is 2. The number of quaternary nitrogens is 1. The van der Waals surface area contributed by atoms with Crippen LogP contribution >= 0.6 is 15.9 Å². The van der Waals surface area contributed by atoms with Gasteiger partial charge in [0.25, 0.3) is 5.91 Å². The molecule has 1 unspecified atom stereocenters. The summed E-state index contributed by atoms with van der Waals surface area (Å²) in [7, 11) is 5.28. The van der Waals surface area contributed by atoms with Crippen LogP contribution < -0.4 is 19.7 Å². The van der Waals surface area contributed by atoms with E-state index >= 15 is 0 Å². The Bertz CT molecular complexity index is 704. The van der Waals surface area contributed by atoms with Crippen LogP contribution in [0.1, 0.15) is 11.1 Å². The first-order chi connectivity index (χ1) is 12.0. The molecule has 25 heavy (non-hydrogen) atoms. The van der Waals surface area contributed by atoms with E-state index in [1.165, 1.54) is 0 Å². The molecule has 2 rings (SSSR count). The number of halogens is 1. The zero-order chi connectivity index (χ0) is 18.2. The highest BCUT2D eigenvalue weighted by atomic mass is 79.9. The average Bonchev–Trinajstić information content (AvgIpc) is 2.60. The Balaban J connectivity index is 1.84. The number of hydrogen-bond acceptors (Lipinski definition) is 3. The minimum atomic E-state index is 0.0160. The van der Waals surface area contributed by atoms with Crippen LogP contribution in [0.25, 0.3) is 0 Å². The second-order valence-electron chi connectivity index (χ2n) is 5.89. The zero-order valence-electron chi connectivity index (χ0n) is 14.8. The molecule has 0 saturated heterocycles. The highest BCUT2D eigenvalue weighted by molar-refractivity contribution is 9.10. The van der Waals surface area contributed by atoms with Crippen LogP contribution in [-0.4, -0.2) is 33.7 Å². The normalized spacial score (nSPS) is 11.7. The molecule has 1 amide bonds. The summed E-state index contributed by atoms with van der Waals surface area (Å²) < 4.78 is 11.5. The van der Waals surface area contributed by atoms with Gasteiger partial charge in [-0.2, -0.15) is 0 Å². The van der Waals surface area contributed by atoms with Gasteiger partial charge in [0.15, 0.2) is 6.54 Å². The molecule has 0 spiro atoms. The lowest BCUT2D eigenvalue weighted by molar-refractivity contribution is -0.885. The highest BCUT2D eigenvalue weighted by Gasteiger charge is 2.13. The van der Waals surface area contributed by atoms with Crippen LogP contribution in [0, 0.1) is 0 Å². The molecule has 2 aromatic rings. The van der Waals surface area contributed by atoms with Crippen molar-refractivity contribution in [2.45, 2.75) is 13.1 Å². The molecule has 0 fully saturated rings. The third-order valence-electron chi connectivity index (χ3n) is 3.85. The van der Waals surface area contributed by atoms with Crippen molar-refractivity contribution in [2.75, 3.05) is 27.8 Å². The Kier molecular flexibility index (Phi) is 7.28. The average molecular weight is 408 g/mol. The van der Waals surface area contributed by atoms with Gasteiger partial charge in [0.1, 0.15) is 18.0 Å². The van der Waals surface area contributed by atoms with E-state index in [0.29, 0.717) is 19.6 Å². The fourth-order valence-electron chi connectivity index (χ4n) is 2.55. The van der Waals surface area contributed by atoms with Gasteiger partial charge < -0.3 is 19.7 Å². The van der Waals surface area contributed by atoms with Crippen LogP contribution in [0.4, 0.5) is 0 Å². The third-order valence-corrected chi connectivity index (χ3v) is 4.34. The van der Waals surface area contributed by atoms with Crippen LogP contribution in [0.5, 0.6) is 11.5 Å². The van der Waals surface area contributed by atoms with E-state index in [0.717, 1.165) is 32.0 Å². The molecular formula is C19H24BrN2O3+. The summed E-state index contributed by atoms with van der Waals surface area (Å²) >= 11 is 3.47. The topological polar surface area (TPSA) is 52.0 Å². The van der Waals surface area contributed by atoms with E-state index in [4.69, 9.17) is 9.47 Å². The minimum Gasteiger partial charge on any atom is -0.497 e. The maximum absolute atomic E-state index is 12.2. The summed E-state index contributed by atoms with van der Waals surface area (Å²) in [6.45, 7) is 1.61. The van der Waals surface area contributed by atoms with Crippen LogP contribution in [0.2, 0.25) is 0 Å². The van der Waals surface area contributed by atoms with Crippen molar-refractivity contribution in [3.05, 3.63) is 58.1 Å². The fraction of sp³-hybridized carbons (Fsp3) is 0.316. The molecule has 5 nitrogen and oxygen atoms in total. The molecule has 2 aromatic carbocycles. The summed E-state index contributed by atoms with van der Waals surface area (Å²) in [5, 5.41) is 2.95. The molecule has 0 heterocycles. The summed E-state index contributed by atoms with van der Waals surface area (Å²) in [6.07, 6.45) is 0. The van der Waals surface area contributed by atoms with Gasteiger partial charge in [-0.15, -0.1) is 0 Å². The minimum absolute atomic E-state index is 0.0160. The van der Waals surface area contributed by atoms with E-state index in [2.05, 4.69) is 21.2 Å². The van der Waals surface area contributed by atoms with Gasteiger partial charge in [0, 0.05) is 16.6 Å². The zero-order valence-corrected chi connectivity index (χ0v) is 16.4. The Labute approximate surface area is 157 Å². The highest BCUT2D eigenvalue weighted by Crippen LogP contribution is 2.22. The first-order valence-corrected chi connectivity index (χ1v) is 8.84. The second kappa shape index (κ2) is 9.44. The number of ether oxygens (including phenoxy) is 2. The molecule has 0 aliphatic heterocycles. The Morgan fingerprint density at radius 2 is 1.84 bits per heavy atom. The van der Waals surface area contributed by atoms with Crippen molar-refractivity contribution >= 4 is 21.8 Å². The lowest BCUT2D eigenvalue weighted by Gasteiger charge is -2.16. The monoisotopic (exact) mass is 407 g/mol. The Morgan fingerprint density at radius 3 is 2.48 bits per heavy atom. The maximum Gasteiger partial charge on any atom is 0.275 e. The summed E-state index contributed by atoms with van der Waals surface area (Å²) in [6, 6.07) is 13.6. The van der Waals surface area contributed by atoms with Crippen LogP contribution in [0.15, 0.2) is 46.9 Å². The molecule has 0 radical (unpaired) electrons. The van der Waals surface area contributed by atoms with Crippen LogP contribution in [-0.2, 0) is 17.9 Å². The van der Waals surface area contributed by atoms with Crippen molar-refractivity contribution in [1.82, 2.24) is 5.32 Å². The number of rotatable bonds is 8. The molecule has 134 valence electrons. The van der Waals surface area contributed by atoms with Gasteiger partial charge in [-0.05, 0) is 35.9 Å². The Morgan fingerprint density at radius 1 is 1.12 bits per heavy atom. The summed E-state index contributed by atoms with van der Waals surface area (Å²) in [4.78, 5) is 13.3. The van der Waals surface area contributed by atoms with E-state index in [-0.39, 0.29) is 5.91 Å². The number of hydrogen-bond donors (Lipinski definition) is 2. The van der Waals surface area contributed by atoms with Gasteiger partial charge in [-0.1, -0.05) is 28.1 Å². The van der Waals surface area contributed by atoms with Crippen molar-refractivity contribution < 1.29 is 19.2 Å². The number of benzene rings is 2. The lowest BCUT2D eigenvalue weighted by Crippen LogP contribution is -3.08. The number of likely N-dealkylation sites (N-methyl/N-ethyl adjacent to an activating group) is 1. The first kappa shape index (κ1) is 19.3. The molecule has 0 aliphatic carbocycles. The summed E-state index contributed by atoms with van der Waals surface area (Å²) in [5.41, 5.74) is 2.11. The maximum atomic E-state index is 12.2.